The van der Waals surface area contributed by atoms with Crippen LogP contribution in [0.3, 0.4) is 0 Å². The Labute approximate surface area is 138 Å². The Balaban J connectivity index is 1.41. The topological polar surface area (TPSA) is 73.8 Å². The van der Waals surface area contributed by atoms with E-state index in [1.807, 2.05) is 0 Å². The highest BCUT2D eigenvalue weighted by molar-refractivity contribution is 7.09. The number of rotatable bonds is 4. The number of piperazine rings is 1. The molecular weight excluding hydrogens is 310 g/mol. The standard InChI is InChI=1S/C15H19N7S/c1-2-13-19-11(9-23-13)8-21-3-5-22(6-4-21)15-12-7-18-20-14(12)16-10-17-15/h7,9-10H,2-6,8H2,1H3,(H,16,17,18,20). The third-order valence-electron chi connectivity index (χ3n) is 4.19. The van der Waals surface area contributed by atoms with Gasteiger partial charge in [-0.25, -0.2) is 15.0 Å². The molecule has 1 aliphatic rings. The molecule has 1 fully saturated rings. The van der Waals surface area contributed by atoms with Crippen LogP contribution in [0.1, 0.15) is 17.6 Å². The second-order valence-electron chi connectivity index (χ2n) is 5.68. The predicted octanol–water partition coefficient (Wildman–Crippen LogP) is 1.69. The summed E-state index contributed by atoms with van der Waals surface area (Å²) in [6.07, 6.45) is 4.43. The van der Waals surface area contributed by atoms with Gasteiger partial charge in [0.25, 0.3) is 0 Å². The molecule has 0 unspecified atom stereocenters. The lowest BCUT2D eigenvalue weighted by molar-refractivity contribution is 0.247. The van der Waals surface area contributed by atoms with Crippen molar-refractivity contribution in [1.82, 2.24) is 30.0 Å². The number of aryl methyl sites for hydroxylation is 1. The van der Waals surface area contributed by atoms with Gasteiger partial charge in [-0.3, -0.25) is 10.00 Å². The van der Waals surface area contributed by atoms with Gasteiger partial charge in [0.1, 0.15) is 12.1 Å². The highest BCUT2D eigenvalue weighted by Crippen LogP contribution is 2.22. The van der Waals surface area contributed by atoms with Crippen molar-refractivity contribution in [3.63, 3.8) is 0 Å². The Kier molecular flexibility index (Phi) is 3.92. The molecular formula is C15H19N7S. The number of nitrogens with zero attached hydrogens (tertiary/aromatic N) is 6. The zero-order valence-corrected chi connectivity index (χ0v) is 13.9. The molecule has 4 rings (SSSR count). The van der Waals surface area contributed by atoms with Crippen molar-refractivity contribution in [1.29, 1.82) is 0 Å². The van der Waals surface area contributed by atoms with Gasteiger partial charge in [-0.05, 0) is 6.42 Å². The minimum Gasteiger partial charge on any atom is -0.353 e. The van der Waals surface area contributed by atoms with Crippen LogP contribution >= 0.6 is 11.3 Å². The summed E-state index contributed by atoms with van der Waals surface area (Å²) >= 11 is 1.76. The number of fused-ring (bicyclic) bond motifs is 1. The van der Waals surface area contributed by atoms with Gasteiger partial charge in [-0.1, -0.05) is 6.92 Å². The normalized spacial score (nSPS) is 16.3. The van der Waals surface area contributed by atoms with Gasteiger partial charge in [-0.15, -0.1) is 11.3 Å². The highest BCUT2D eigenvalue weighted by Gasteiger charge is 2.21. The van der Waals surface area contributed by atoms with Crippen LogP contribution in [0.4, 0.5) is 5.82 Å². The van der Waals surface area contributed by atoms with Crippen LogP contribution in [0.25, 0.3) is 11.0 Å². The molecule has 3 aromatic heterocycles. The average molecular weight is 329 g/mol. The lowest BCUT2D eigenvalue weighted by atomic mass is 10.2. The lowest BCUT2D eigenvalue weighted by Gasteiger charge is -2.35. The summed E-state index contributed by atoms with van der Waals surface area (Å²) in [5, 5.41) is 11.4. The zero-order chi connectivity index (χ0) is 15.6. The first-order chi connectivity index (χ1) is 11.3. The number of thiazole rings is 1. The number of H-pyrrole nitrogens is 1. The van der Waals surface area contributed by atoms with E-state index >= 15 is 0 Å². The molecule has 1 N–H and O–H groups in total. The molecule has 0 aliphatic carbocycles. The summed E-state index contributed by atoms with van der Waals surface area (Å²) in [5.74, 6) is 0.977. The van der Waals surface area contributed by atoms with E-state index in [-0.39, 0.29) is 0 Å². The number of hydrogen-bond acceptors (Lipinski definition) is 7. The lowest BCUT2D eigenvalue weighted by Crippen LogP contribution is -2.46. The number of aromatic amines is 1. The Morgan fingerprint density at radius 1 is 1.22 bits per heavy atom. The molecule has 0 aromatic carbocycles. The van der Waals surface area contributed by atoms with Crippen LogP contribution in [0.15, 0.2) is 17.9 Å². The van der Waals surface area contributed by atoms with Gasteiger partial charge in [0.2, 0.25) is 0 Å². The van der Waals surface area contributed by atoms with E-state index in [2.05, 4.69) is 47.3 Å². The first-order valence-corrected chi connectivity index (χ1v) is 8.76. The molecule has 4 heterocycles. The largest absolute Gasteiger partial charge is 0.353 e. The molecule has 0 amide bonds. The van der Waals surface area contributed by atoms with E-state index < -0.39 is 0 Å². The molecule has 0 radical (unpaired) electrons. The molecule has 120 valence electrons. The van der Waals surface area contributed by atoms with Gasteiger partial charge in [0, 0.05) is 38.1 Å². The second-order valence-corrected chi connectivity index (χ2v) is 6.62. The van der Waals surface area contributed by atoms with Crippen LogP contribution < -0.4 is 4.90 Å². The van der Waals surface area contributed by atoms with Crippen molar-refractivity contribution in [2.45, 2.75) is 19.9 Å². The summed E-state index contributed by atoms with van der Waals surface area (Å²) < 4.78 is 0. The first-order valence-electron chi connectivity index (χ1n) is 7.88. The third-order valence-corrected chi connectivity index (χ3v) is 5.23. The minimum atomic E-state index is 0.798. The SMILES string of the molecule is CCc1nc(CN2CCN(c3ncnc4[nH]ncc34)CC2)cs1. The van der Waals surface area contributed by atoms with Gasteiger partial charge >= 0.3 is 0 Å². The van der Waals surface area contributed by atoms with Gasteiger partial charge in [-0.2, -0.15) is 5.10 Å². The number of nitrogens with one attached hydrogen (secondary N) is 1. The van der Waals surface area contributed by atoms with E-state index in [1.165, 1.54) is 10.7 Å². The monoisotopic (exact) mass is 329 g/mol. The van der Waals surface area contributed by atoms with Crippen LogP contribution in [0, 0.1) is 0 Å². The maximum absolute atomic E-state index is 4.66. The molecule has 8 heteroatoms. The Morgan fingerprint density at radius 3 is 2.87 bits per heavy atom. The highest BCUT2D eigenvalue weighted by atomic mass is 32.1. The maximum atomic E-state index is 4.66. The van der Waals surface area contributed by atoms with Gasteiger partial charge < -0.3 is 4.90 Å². The van der Waals surface area contributed by atoms with E-state index in [4.69, 9.17) is 0 Å². The van der Waals surface area contributed by atoms with Gasteiger partial charge in [0.05, 0.1) is 22.3 Å². The van der Waals surface area contributed by atoms with Crippen LogP contribution in [-0.2, 0) is 13.0 Å². The molecule has 1 saturated heterocycles. The van der Waals surface area contributed by atoms with E-state index in [1.54, 1.807) is 23.9 Å². The molecule has 23 heavy (non-hydrogen) atoms. The van der Waals surface area contributed by atoms with Crippen molar-refractivity contribution in [2.24, 2.45) is 0 Å². The van der Waals surface area contributed by atoms with Crippen LogP contribution in [0.2, 0.25) is 0 Å². The Bertz CT molecular complexity index is 788. The van der Waals surface area contributed by atoms with E-state index in [9.17, 15) is 0 Å². The average Bonchev–Trinajstić information content (AvgIpc) is 3.24. The molecule has 0 saturated carbocycles. The fourth-order valence-electron chi connectivity index (χ4n) is 2.94. The summed E-state index contributed by atoms with van der Waals surface area (Å²) in [5.41, 5.74) is 1.99. The number of anilines is 1. The fourth-order valence-corrected chi connectivity index (χ4v) is 3.67. The molecule has 3 aromatic rings. The molecule has 0 spiro atoms. The Hall–Kier alpha value is -2.06. The molecule has 7 nitrogen and oxygen atoms in total. The molecule has 1 aliphatic heterocycles. The van der Waals surface area contributed by atoms with E-state index in [0.29, 0.717) is 0 Å². The first kappa shape index (κ1) is 14.5. The Morgan fingerprint density at radius 2 is 2.09 bits per heavy atom. The van der Waals surface area contributed by atoms with Crippen LogP contribution in [0.5, 0.6) is 0 Å². The second kappa shape index (κ2) is 6.21. The van der Waals surface area contributed by atoms with Crippen LogP contribution in [-0.4, -0.2) is 56.2 Å². The predicted molar refractivity (Wildman–Crippen MR) is 90.7 cm³/mol. The minimum absolute atomic E-state index is 0.798. The summed E-state index contributed by atoms with van der Waals surface area (Å²) in [4.78, 5) is 18.1. The van der Waals surface area contributed by atoms with Crippen molar-refractivity contribution in [3.05, 3.63) is 28.6 Å². The maximum Gasteiger partial charge on any atom is 0.160 e. The summed E-state index contributed by atoms with van der Waals surface area (Å²) in [6, 6.07) is 0. The van der Waals surface area contributed by atoms with Crippen molar-refractivity contribution < 1.29 is 0 Å². The quantitative estimate of drug-likeness (QED) is 0.785. The summed E-state index contributed by atoms with van der Waals surface area (Å²) in [6.45, 7) is 7.05. The number of hydrogen-bond donors (Lipinski definition) is 1. The van der Waals surface area contributed by atoms with Crippen molar-refractivity contribution in [2.75, 3.05) is 31.1 Å². The molecule has 0 atom stereocenters. The third kappa shape index (κ3) is 2.91. The smallest absolute Gasteiger partial charge is 0.160 e. The molecule has 0 bridgehead atoms. The summed E-state index contributed by atoms with van der Waals surface area (Å²) in [7, 11) is 0. The van der Waals surface area contributed by atoms with Gasteiger partial charge in [0.15, 0.2) is 5.65 Å². The zero-order valence-electron chi connectivity index (χ0n) is 13.1. The van der Waals surface area contributed by atoms with Crippen molar-refractivity contribution >= 4 is 28.2 Å². The fraction of sp³-hybridized carbons (Fsp3) is 0.467. The van der Waals surface area contributed by atoms with E-state index in [0.717, 1.165) is 56.0 Å². The number of aromatic nitrogens is 5. The van der Waals surface area contributed by atoms with Crippen molar-refractivity contribution in [3.8, 4) is 0 Å².